The first-order valence-corrected chi connectivity index (χ1v) is 10.6. The van der Waals surface area contributed by atoms with Crippen LogP contribution in [-0.2, 0) is 11.2 Å². The molecule has 2 aromatic rings. The number of aliphatic imine (C=N–C) groups is 1. The molecule has 1 aromatic heterocycles. The molecule has 3 heterocycles. The summed E-state index contributed by atoms with van der Waals surface area (Å²) in [5.41, 5.74) is 6.87. The molecule has 1 atom stereocenters. The van der Waals surface area contributed by atoms with Crippen molar-refractivity contribution in [3.05, 3.63) is 42.1 Å². The maximum Gasteiger partial charge on any atom is 0.414 e. The van der Waals surface area contributed by atoms with Gasteiger partial charge in [0.2, 0.25) is 5.84 Å². The van der Waals surface area contributed by atoms with Gasteiger partial charge in [0, 0.05) is 37.1 Å². The highest BCUT2D eigenvalue weighted by atomic mass is 32.2. The third-order valence-electron chi connectivity index (χ3n) is 4.96. The number of rotatable bonds is 5. The third-order valence-corrected chi connectivity index (χ3v) is 5.90. The summed E-state index contributed by atoms with van der Waals surface area (Å²) in [7, 11) is 0. The zero-order valence-electron chi connectivity index (χ0n) is 16.1. The van der Waals surface area contributed by atoms with Crippen LogP contribution < -0.4 is 15.5 Å². The van der Waals surface area contributed by atoms with Crippen molar-refractivity contribution in [1.29, 1.82) is 5.26 Å². The van der Waals surface area contributed by atoms with Gasteiger partial charge in [-0.05, 0) is 18.2 Å². The number of benzene rings is 1. The van der Waals surface area contributed by atoms with Gasteiger partial charge in [-0.2, -0.15) is 17.0 Å². The van der Waals surface area contributed by atoms with E-state index in [1.807, 2.05) is 16.7 Å². The number of cyclic esters (lactones) is 1. The fourth-order valence-electron chi connectivity index (χ4n) is 3.51. The van der Waals surface area contributed by atoms with Crippen LogP contribution in [0.2, 0.25) is 0 Å². The summed E-state index contributed by atoms with van der Waals surface area (Å²) in [6, 6.07) is 8.15. The van der Waals surface area contributed by atoms with E-state index in [0.717, 1.165) is 24.6 Å². The van der Waals surface area contributed by atoms with Gasteiger partial charge >= 0.3 is 6.09 Å². The summed E-state index contributed by atoms with van der Waals surface area (Å²) in [4.78, 5) is 19.8. The summed E-state index contributed by atoms with van der Waals surface area (Å²) in [5.74, 6) is 1.86. The molecule has 0 radical (unpaired) electrons. The van der Waals surface area contributed by atoms with Crippen LogP contribution >= 0.6 is 11.8 Å². The number of furan rings is 1. The molecule has 2 N–H and O–H groups in total. The smallest absolute Gasteiger partial charge is 0.414 e. The Balaban J connectivity index is 1.46. The van der Waals surface area contributed by atoms with Crippen molar-refractivity contribution in [1.82, 2.24) is 0 Å². The maximum absolute atomic E-state index is 14.7. The molecule has 2 aliphatic rings. The SMILES string of the molecule is N#CC(N)=Nc1ccoc1C[C@H]1CN(c2ccc(N3CCSCC3)c(F)c2)C(=O)O1. The molecule has 30 heavy (non-hydrogen) atoms. The summed E-state index contributed by atoms with van der Waals surface area (Å²) < 4.78 is 25.6. The molecule has 0 unspecified atom stereocenters. The Morgan fingerprint density at radius 2 is 2.17 bits per heavy atom. The van der Waals surface area contributed by atoms with E-state index in [4.69, 9.17) is 20.1 Å². The predicted molar refractivity (Wildman–Crippen MR) is 113 cm³/mol. The van der Waals surface area contributed by atoms with E-state index in [1.54, 1.807) is 24.3 Å². The minimum Gasteiger partial charge on any atom is -0.467 e. The van der Waals surface area contributed by atoms with Crippen LogP contribution in [0.5, 0.6) is 0 Å². The molecule has 1 amide bonds. The van der Waals surface area contributed by atoms with Crippen LogP contribution in [0.4, 0.5) is 26.2 Å². The Hall–Kier alpha value is -3.19. The number of hydrogen-bond donors (Lipinski definition) is 1. The lowest BCUT2D eigenvalue weighted by Crippen LogP contribution is -2.33. The van der Waals surface area contributed by atoms with E-state index in [9.17, 15) is 9.18 Å². The minimum atomic E-state index is -0.547. The number of amides is 1. The topological polar surface area (TPSA) is 108 Å². The van der Waals surface area contributed by atoms with E-state index < -0.39 is 12.2 Å². The molecule has 0 aliphatic carbocycles. The van der Waals surface area contributed by atoms with E-state index in [-0.39, 0.29) is 24.6 Å². The Bertz CT molecular complexity index is 1010. The van der Waals surface area contributed by atoms with Crippen LogP contribution in [-0.4, -0.2) is 49.2 Å². The molecular weight excluding hydrogens is 409 g/mol. The standard InChI is InChI=1S/C20H20FN5O3S/c21-15-9-13(1-2-17(15)25-4-7-30-8-5-25)26-12-14(29-20(26)27)10-18-16(3-6-28-18)24-19(23)11-22/h1-3,6,9,14H,4-5,7-8,10,12H2,(H2,23,24)/t14-/m0/s1. The normalized spacial score (nSPS) is 19.7. The lowest BCUT2D eigenvalue weighted by Gasteiger charge is -2.29. The number of amidine groups is 1. The molecule has 2 saturated heterocycles. The summed E-state index contributed by atoms with van der Waals surface area (Å²) >= 11 is 1.86. The number of carbonyl (C=O) groups excluding carboxylic acids is 1. The van der Waals surface area contributed by atoms with Crippen molar-refractivity contribution < 1.29 is 18.3 Å². The largest absolute Gasteiger partial charge is 0.467 e. The van der Waals surface area contributed by atoms with Gasteiger partial charge < -0.3 is 19.8 Å². The number of nitrogens with zero attached hydrogens (tertiary/aromatic N) is 4. The highest BCUT2D eigenvalue weighted by Gasteiger charge is 2.34. The first kappa shape index (κ1) is 20.1. The highest BCUT2D eigenvalue weighted by Crippen LogP contribution is 2.31. The van der Waals surface area contributed by atoms with Crippen molar-refractivity contribution in [3.8, 4) is 6.07 Å². The zero-order chi connectivity index (χ0) is 21.1. The number of ether oxygens (including phenoxy) is 1. The molecule has 0 saturated carbocycles. The van der Waals surface area contributed by atoms with Gasteiger partial charge in [-0.25, -0.2) is 14.2 Å². The fourth-order valence-corrected chi connectivity index (χ4v) is 4.41. The van der Waals surface area contributed by atoms with Gasteiger partial charge in [0.1, 0.15) is 29.4 Å². The van der Waals surface area contributed by atoms with Crippen LogP contribution in [0.25, 0.3) is 0 Å². The number of halogens is 1. The predicted octanol–water partition coefficient (Wildman–Crippen LogP) is 3.05. The summed E-state index contributed by atoms with van der Waals surface area (Å²) in [5, 5.41) is 8.78. The highest BCUT2D eigenvalue weighted by molar-refractivity contribution is 7.99. The van der Waals surface area contributed by atoms with Crippen molar-refractivity contribution >= 4 is 40.8 Å². The molecule has 2 fully saturated rings. The number of nitriles is 1. The fraction of sp³-hybridized carbons (Fsp3) is 0.350. The van der Waals surface area contributed by atoms with Crippen LogP contribution in [0.15, 0.2) is 39.9 Å². The van der Waals surface area contributed by atoms with Crippen molar-refractivity contribution in [2.45, 2.75) is 12.5 Å². The van der Waals surface area contributed by atoms with Gasteiger partial charge in [0.25, 0.3) is 0 Å². The second-order valence-corrected chi connectivity index (χ2v) is 8.12. The first-order chi connectivity index (χ1) is 14.5. The van der Waals surface area contributed by atoms with Crippen molar-refractivity contribution in [2.24, 2.45) is 10.7 Å². The van der Waals surface area contributed by atoms with Crippen LogP contribution in [0.3, 0.4) is 0 Å². The van der Waals surface area contributed by atoms with Crippen molar-refractivity contribution in [3.63, 3.8) is 0 Å². The number of hydrogen-bond acceptors (Lipinski definition) is 7. The monoisotopic (exact) mass is 429 g/mol. The minimum absolute atomic E-state index is 0.189. The maximum atomic E-state index is 14.7. The third kappa shape index (κ3) is 4.21. The second kappa shape index (κ2) is 8.67. The molecule has 2 aliphatic heterocycles. The van der Waals surface area contributed by atoms with E-state index in [2.05, 4.69) is 4.99 Å². The summed E-state index contributed by atoms with van der Waals surface area (Å²) in [6.07, 6.45) is 0.650. The van der Waals surface area contributed by atoms with Crippen LogP contribution in [0, 0.1) is 17.1 Å². The van der Waals surface area contributed by atoms with Crippen molar-refractivity contribution in [2.75, 3.05) is 40.9 Å². The van der Waals surface area contributed by atoms with E-state index >= 15 is 0 Å². The zero-order valence-corrected chi connectivity index (χ0v) is 16.9. The average molecular weight is 429 g/mol. The van der Waals surface area contributed by atoms with Gasteiger partial charge in [-0.3, -0.25) is 4.90 Å². The second-order valence-electron chi connectivity index (χ2n) is 6.89. The molecule has 0 bridgehead atoms. The number of carbonyl (C=O) groups is 1. The lowest BCUT2D eigenvalue weighted by atomic mass is 10.1. The molecule has 8 nitrogen and oxygen atoms in total. The first-order valence-electron chi connectivity index (χ1n) is 9.46. The summed E-state index contributed by atoms with van der Waals surface area (Å²) in [6.45, 7) is 1.85. The average Bonchev–Trinajstić information content (AvgIpc) is 3.34. The Kier molecular flexibility index (Phi) is 5.81. The Morgan fingerprint density at radius 1 is 1.37 bits per heavy atom. The molecule has 0 spiro atoms. The van der Waals surface area contributed by atoms with Gasteiger partial charge in [0.15, 0.2) is 0 Å². The quantitative estimate of drug-likeness (QED) is 0.575. The van der Waals surface area contributed by atoms with E-state index in [1.165, 1.54) is 17.2 Å². The Labute approximate surface area is 177 Å². The molecular formula is C20H20FN5O3S. The molecule has 1 aromatic carbocycles. The van der Waals surface area contributed by atoms with Crippen LogP contribution in [0.1, 0.15) is 5.76 Å². The van der Waals surface area contributed by atoms with Gasteiger partial charge in [0.05, 0.1) is 24.2 Å². The molecule has 10 heteroatoms. The number of thioether (sulfide) groups is 1. The number of anilines is 2. The molecule has 4 rings (SSSR count). The molecule has 156 valence electrons. The Morgan fingerprint density at radius 3 is 2.90 bits per heavy atom. The van der Waals surface area contributed by atoms with E-state index in [0.29, 0.717) is 22.8 Å². The number of nitrogens with two attached hydrogens (primary N) is 1. The lowest BCUT2D eigenvalue weighted by molar-refractivity contribution is 0.138. The van der Waals surface area contributed by atoms with Gasteiger partial charge in [-0.1, -0.05) is 0 Å². The van der Waals surface area contributed by atoms with Gasteiger partial charge in [-0.15, -0.1) is 0 Å².